The Hall–Kier alpha value is -2.52. The third-order valence-electron chi connectivity index (χ3n) is 3.27. The van der Waals surface area contributed by atoms with Gasteiger partial charge in [-0.2, -0.15) is 4.21 Å². The van der Waals surface area contributed by atoms with Gasteiger partial charge in [0.2, 0.25) is 0 Å². The van der Waals surface area contributed by atoms with Gasteiger partial charge in [0.25, 0.3) is 0 Å². The molecule has 1 atom stereocenters. The summed E-state index contributed by atoms with van der Waals surface area (Å²) < 4.78 is 29.8. The third-order valence-corrected chi connectivity index (χ3v) is 4.79. The Labute approximate surface area is 157 Å². The average Bonchev–Trinajstić information content (AvgIpc) is 2.67. The first kappa shape index (κ1) is 19.8. The van der Waals surface area contributed by atoms with Crippen LogP contribution in [0.2, 0.25) is 0 Å². The maximum Gasteiger partial charge on any atom is 0.341 e. The Morgan fingerprint density at radius 1 is 1.04 bits per heavy atom. The number of methoxy groups -OCH3 is 2. The number of para-hydroxylation sites is 1. The number of ether oxygens (including phenoxy) is 2. The fraction of sp³-hybridized carbons (Fsp3) is 0.176. The Bertz CT molecular complexity index is 840. The number of thioether (sulfide) groups is 1. The van der Waals surface area contributed by atoms with E-state index < -0.39 is 23.2 Å². The van der Waals surface area contributed by atoms with Gasteiger partial charge in [-0.15, -0.1) is 11.8 Å². The minimum atomic E-state index is -2.01. The van der Waals surface area contributed by atoms with Crippen LogP contribution in [0.15, 0.2) is 47.4 Å². The molecule has 2 aromatic rings. The number of anilines is 1. The highest BCUT2D eigenvalue weighted by Gasteiger charge is 2.19. The van der Waals surface area contributed by atoms with Gasteiger partial charge in [0.1, 0.15) is 5.56 Å². The summed E-state index contributed by atoms with van der Waals surface area (Å²) in [6.45, 7) is 0. The number of benzene rings is 2. The van der Waals surface area contributed by atoms with Crippen LogP contribution in [-0.2, 0) is 20.7 Å². The Balaban J connectivity index is 2.29. The molecule has 0 aliphatic heterocycles. The summed E-state index contributed by atoms with van der Waals surface area (Å²) >= 11 is -0.532. The SMILES string of the molecule is COC(=O)c1ccc(C(=O)OC)c(OS(=O)Nc2ccccc2SC)c1. The summed E-state index contributed by atoms with van der Waals surface area (Å²) in [6.07, 6.45) is 1.89. The fourth-order valence-corrected chi connectivity index (χ4v) is 3.35. The number of carbonyl (C=O) groups is 2. The van der Waals surface area contributed by atoms with Crippen LogP contribution in [0.25, 0.3) is 0 Å². The van der Waals surface area contributed by atoms with Crippen molar-refractivity contribution in [3.63, 3.8) is 0 Å². The van der Waals surface area contributed by atoms with E-state index in [-0.39, 0.29) is 16.9 Å². The molecule has 0 saturated heterocycles. The quantitative estimate of drug-likeness (QED) is 0.569. The highest BCUT2D eigenvalue weighted by molar-refractivity contribution is 7.98. The van der Waals surface area contributed by atoms with Crippen LogP contribution in [-0.4, -0.2) is 36.6 Å². The highest BCUT2D eigenvalue weighted by Crippen LogP contribution is 2.27. The molecule has 138 valence electrons. The number of nitrogens with one attached hydrogen (secondary N) is 1. The summed E-state index contributed by atoms with van der Waals surface area (Å²) in [4.78, 5) is 24.4. The van der Waals surface area contributed by atoms with Crippen molar-refractivity contribution in [2.24, 2.45) is 0 Å². The standard InChI is InChI=1S/C17H17NO6S2/c1-22-16(19)11-8-9-12(17(20)23-2)14(10-11)24-26(21)18-13-6-4-5-7-15(13)25-3/h4-10,18H,1-3H3. The van der Waals surface area contributed by atoms with Gasteiger partial charge in [-0.3, -0.25) is 4.72 Å². The number of esters is 2. The van der Waals surface area contributed by atoms with Crippen molar-refractivity contribution < 1.29 is 27.5 Å². The Kier molecular flexibility index (Phi) is 7.05. The van der Waals surface area contributed by atoms with Gasteiger partial charge >= 0.3 is 23.2 Å². The van der Waals surface area contributed by atoms with Gasteiger partial charge in [0.05, 0.1) is 25.5 Å². The predicted molar refractivity (Wildman–Crippen MR) is 99.7 cm³/mol. The molecule has 0 radical (unpaired) electrons. The molecule has 1 N–H and O–H groups in total. The monoisotopic (exact) mass is 395 g/mol. The van der Waals surface area contributed by atoms with Crippen molar-refractivity contribution in [3.05, 3.63) is 53.6 Å². The first-order valence-electron chi connectivity index (χ1n) is 7.30. The molecule has 0 fully saturated rings. The van der Waals surface area contributed by atoms with Crippen LogP contribution in [0.4, 0.5) is 5.69 Å². The lowest BCUT2D eigenvalue weighted by Gasteiger charge is -2.12. The molecule has 0 aromatic heterocycles. The first-order chi connectivity index (χ1) is 12.5. The second kappa shape index (κ2) is 9.25. The summed E-state index contributed by atoms with van der Waals surface area (Å²) in [7, 11) is 2.44. The van der Waals surface area contributed by atoms with Gasteiger partial charge in [0.15, 0.2) is 5.75 Å². The molecule has 7 nitrogen and oxygen atoms in total. The van der Waals surface area contributed by atoms with Crippen molar-refractivity contribution in [1.29, 1.82) is 0 Å². The summed E-state index contributed by atoms with van der Waals surface area (Å²) in [6, 6.07) is 11.3. The largest absolute Gasteiger partial charge is 0.465 e. The topological polar surface area (TPSA) is 90.9 Å². The first-order valence-corrected chi connectivity index (χ1v) is 9.60. The van der Waals surface area contributed by atoms with Crippen LogP contribution in [0.3, 0.4) is 0 Å². The van der Waals surface area contributed by atoms with Crippen LogP contribution >= 0.6 is 11.8 Å². The van der Waals surface area contributed by atoms with Gasteiger partial charge in [0, 0.05) is 4.90 Å². The zero-order chi connectivity index (χ0) is 19.1. The van der Waals surface area contributed by atoms with E-state index >= 15 is 0 Å². The molecule has 9 heteroatoms. The van der Waals surface area contributed by atoms with Crippen LogP contribution < -0.4 is 8.91 Å². The van der Waals surface area contributed by atoms with E-state index in [4.69, 9.17) is 4.18 Å². The molecule has 0 saturated carbocycles. The van der Waals surface area contributed by atoms with Crippen molar-refractivity contribution >= 4 is 40.7 Å². The van der Waals surface area contributed by atoms with Crippen molar-refractivity contribution in [2.45, 2.75) is 4.90 Å². The lowest BCUT2D eigenvalue weighted by atomic mass is 10.1. The molecule has 0 spiro atoms. The Morgan fingerprint density at radius 3 is 2.38 bits per heavy atom. The van der Waals surface area contributed by atoms with Gasteiger partial charge in [-0.05, 0) is 36.6 Å². The second-order valence-electron chi connectivity index (χ2n) is 4.81. The van der Waals surface area contributed by atoms with Crippen molar-refractivity contribution in [3.8, 4) is 5.75 Å². The normalized spacial score (nSPS) is 11.3. The Morgan fingerprint density at radius 2 is 1.73 bits per heavy atom. The second-order valence-corrected chi connectivity index (χ2v) is 6.50. The van der Waals surface area contributed by atoms with Gasteiger partial charge in [-0.1, -0.05) is 12.1 Å². The molecule has 0 heterocycles. The molecule has 2 rings (SSSR count). The van der Waals surface area contributed by atoms with Crippen molar-refractivity contribution in [2.75, 3.05) is 25.2 Å². The van der Waals surface area contributed by atoms with Gasteiger partial charge < -0.3 is 13.7 Å². The van der Waals surface area contributed by atoms with Crippen molar-refractivity contribution in [1.82, 2.24) is 0 Å². The zero-order valence-electron chi connectivity index (χ0n) is 14.3. The number of hydrogen-bond donors (Lipinski definition) is 1. The smallest absolute Gasteiger partial charge is 0.341 e. The molecule has 0 bridgehead atoms. The number of rotatable bonds is 7. The number of carbonyl (C=O) groups excluding carboxylic acids is 2. The highest BCUT2D eigenvalue weighted by atomic mass is 32.2. The van der Waals surface area contributed by atoms with Crippen LogP contribution in [0, 0.1) is 0 Å². The molecule has 2 aromatic carbocycles. The minimum absolute atomic E-state index is 0.0356. The molecular formula is C17H17NO6S2. The molecule has 0 amide bonds. The lowest BCUT2D eigenvalue weighted by Crippen LogP contribution is -2.15. The fourth-order valence-electron chi connectivity index (χ4n) is 2.04. The summed E-state index contributed by atoms with van der Waals surface area (Å²) in [5, 5.41) is 0. The van der Waals surface area contributed by atoms with E-state index in [0.29, 0.717) is 5.69 Å². The molecule has 26 heavy (non-hydrogen) atoms. The van der Waals surface area contributed by atoms with E-state index in [1.165, 1.54) is 44.2 Å². The molecule has 0 aliphatic carbocycles. The third kappa shape index (κ3) is 4.77. The van der Waals surface area contributed by atoms with Gasteiger partial charge in [-0.25, -0.2) is 9.59 Å². The van der Waals surface area contributed by atoms with Crippen LogP contribution in [0.5, 0.6) is 5.75 Å². The van der Waals surface area contributed by atoms with E-state index in [2.05, 4.69) is 14.2 Å². The summed E-state index contributed by atoms with van der Waals surface area (Å²) in [5.74, 6) is -1.36. The summed E-state index contributed by atoms with van der Waals surface area (Å²) in [5.41, 5.74) is 0.798. The molecule has 0 aliphatic rings. The van der Waals surface area contributed by atoms with E-state index in [1.807, 2.05) is 18.4 Å². The average molecular weight is 395 g/mol. The molecule has 1 unspecified atom stereocenters. The van der Waals surface area contributed by atoms with Crippen LogP contribution in [0.1, 0.15) is 20.7 Å². The number of hydrogen-bond acceptors (Lipinski definition) is 7. The molecular weight excluding hydrogens is 378 g/mol. The van der Waals surface area contributed by atoms with E-state index in [0.717, 1.165) is 4.90 Å². The maximum absolute atomic E-state index is 12.4. The maximum atomic E-state index is 12.4. The predicted octanol–water partition coefficient (Wildman–Crippen LogP) is 3.05. The minimum Gasteiger partial charge on any atom is -0.465 e. The zero-order valence-corrected chi connectivity index (χ0v) is 15.9. The van der Waals surface area contributed by atoms with E-state index in [9.17, 15) is 13.8 Å². The van der Waals surface area contributed by atoms with E-state index in [1.54, 1.807) is 12.1 Å². The lowest BCUT2D eigenvalue weighted by molar-refractivity contribution is 0.0585.